The Morgan fingerprint density at radius 1 is 1.40 bits per heavy atom. The van der Waals surface area contributed by atoms with Crippen molar-refractivity contribution in [2.24, 2.45) is 0 Å². The normalized spacial score (nSPS) is 19.2. The lowest BCUT2D eigenvalue weighted by atomic mass is 9.97. The highest BCUT2D eigenvalue weighted by Gasteiger charge is 2.38. The van der Waals surface area contributed by atoms with Crippen molar-refractivity contribution >= 4 is 17.0 Å². The first kappa shape index (κ1) is 8.60. The third kappa shape index (κ3) is 1.25. The van der Waals surface area contributed by atoms with E-state index in [1.807, 2.05) is 11.8 Å². The molecule has 2 aromatic heterocycles. The smallest absolute Gasteiger partial charge is 0.182 e. The molecule has 78 valence electrons. The van der Waals surface area contributed by atoms with Crippen molar-refractivity contribution in [1.82, 2.24) is 19.9 Å². The van der Waals surface area contributed by atoms with Crippen molar-refractivity contribution in [3.63, 3.8) is 0 Å². The summed E-state index contributed by atoms with van der Waals surface area (Å²) >= 11 is 0. The fourth-order valence-electron chi connectivity index (χ4n) is 1.92. The van der Waals surface area contributed by atoms with E-state index in [2.05, 4.69) is 19.9 Å². The zero-order valence-electron chi connectivity index (χ0n) is 8.30. The number of H-pyrrole nitrogens is 1. The van der Waals surface area contributed by atoms with Crippen molar-refractivity contribution in [2.45, 2.75) is 12.5 Å². The molecule has 1 aliphatic rings. The van der Waals surface area contributed by atoms with Crippen LogP contribution >= 0.6 is 0 Å². The first-order valence-corrected chi connectivity index (χ1v) is 4.77. The third-order valence-electron chi connectivity index (χ3n) is 2.57. The predicted molar refractivity (Wildman–Crippen MR) is 54.5 cm³/mol. The lowest BCUT2D eigenvalue weighted by molar-refractivity contribution is 0.0307. The van der Waals surface area contributed by atoms with Crippen molar-refractivity contribution in [1.29, 1.82) is 0 Å². The van der Waals surface area contributed by atoms with E-state index < -0.39 is 5.60 Å². The summed E-state index contributed by atoms with van der Waals surface area (Å²) in [5, 5.41) is 9.66. The Morgan fingerprint density at radius 2 is 2.20 bits per heavy atom. The maximum Gasteiger partial charge on any atom is 0.182 e. The number of β-amino-alcohol motifs (C(OH)–C–C–N with tert-alkyl or cyclic N) is 1. The van der Waals surface area contributed by atoms with Crippen LogP contribution in [0.4, 0.5) is 5.82 Å². The average Bonchev–Trinajstić information content (AvgIpc) is 2.60. The summed E-state index contributed by atoms with van der Waals surface area (Å²) in [6.45, 7) is 3.01. The monoisotopic (exact) mass is 205 g/mol. The second kappa shape index (κ2) is 2.66. The zero-order chi connectivity index (χ0) is 10.5. The number of aromatic amines is 1. The summed E-state index contributed by atoms with van der Waals surface area (Å²) in [4.78, 5) is 17.3. The molecule has 6 nitrogen and oxygen atoms in total. The van der Waals surface area contributed by atoms with Crippen LogP contribution in [0.15, 0.2) is 12.7 Å². The summed E-state index contributed by atoms with van der Waals surface area (Å²) in [5.74, 6) is 0.809. The molecule has 2 aromatic rings. The fraction of sp³-hybridized carbons (Fsp3) is 0.444. The van der Waals surface area contributed by atoms with E-state index in [1.165, 1.54) is 6.33 Å². The molecule has 0 amide bonds. The Kier molecular flexibility index (Phi) is 1.53. The Labute approximate surface area is 86.0 Å². The van der Waals surface area contributed by atoms with E-state index in [4.69, 9.17) is 0 Å². The van der Waals surface area contributed by atoms with Crippen LogP contribution < -0.4 is 4.90 Å². The van der Waals surface area contributed by atoms with Crippen LogP contribution in [0.5, 0.6) is 0 Å². The number of rotatable bonds is 1. The summed E-state index contributed by atoms with van der Waals surface area (Å²) < 4.78 is 0. The number of imidazole rings is 1. The molecular weight excluding hydrogens is 194 g/mol. The van der Waals surface area contributed by atoms with Crippen molar-refractivity contribution in [3.8, 4) is 0 Å². The van der Waals surface area contributed by atoms with E-state index in [9.17, 15) is 5.11 Å². The molecule has 0 atom stereocenters. The van der Waals surface area contributed by atoms with Gasteiger partial charge < -0.3 is 15.0 Å². The van der Waals surface area contributed by atoms with E-state index in [-0.39, 0.29) is 0 Å². The van der Waals surface area contributed by atoms with Gasteiger partial charge in [-0.05, 0) is 6.92 Å². The molecule has 6 heteroatoms. The molecule has 0 radical (unpaired) electrons. The highest BCUT2D eigenvalue weighted by atomic mass is 16.3. The van der Waals surface area contributed by atoms with Crippen molar-refractivity contribution in [2.75, 3.05) is 18.0 Å². The lowest BCUT2D eigenvalue weighted by Crippen LogP contribution is -2.60. The minimum absolute atomic E-state index is 0.595. The molecule has 0 bridgehead atoms. The Balaban J connectivity index is 2.02. The maximum absolute atomic E-state index is 9.66. The third-order valence-corrected chi connectivity index (χ3v) is 2.57. The first-order chi connectivity index (χ1) is 7.16. The van der Waals surface area contributed by atoms with E-state index in [0.29, 0.717) is 18.7 Å². The van der Waals surface area contributed by atoms with E-state index in [0.717, 1.165) is 11.3 Å². The van der Waals surface area contributed by atoms with Gasteiger partial charge in [0, 0.05) is 13.1 Å². The molecule has 15 heavy (non-hydrogen) atoms. The molecule has 0 aliphatic carbocycles. The van der Waals surface area contributed by atoms with Gasteiger partial charge in [-0.15, -0.1) is 0 Å². The number of hydrogen-bond donors (Lipinski definition) is 2. The van der Waals surface area contributed by atoms with Crippen molar-refractivity contribution < 1.29 is 5.11 Å². The van der Waals surface area contributed by atoms with Gasteiger partial charge in [0.15, 0.2) is 11.5 Å². The molecule has 3 rings (SSSR count). The largest absolute Gasteiger partial charge is 0.386 e. The first-order valence-electron chi connectivity index (χ1n) is 4.77. The van der Waals surface area contributed by atoms with Crippen LogP contribution in [-0.4, -0.2) is 43.7 Å². The minimum Gasteiger partial charge on any atom is -0.386 e. The van der Waals surface area contributed by atoms with Gasteiger partial charge in [-0.2, -0.15) is 0 Å². The second-order valence-electron chi connectivity index (χ2n) is 4.15. The molecule has 0 aromatic carbocycles. The molecule has 1 fully saturated rings. The molecule has 0 unspecified atom stereocenters. The highest BCUT2D eigenvalue weighted by molar-refractivity contribution is 5.83. The Hall–Kier alpha value is -1.69. The van der Waals surface area contributed by atoms with Gasteiger partial charge in [0.25, 0.3) is 0 Å². The molecule has 1 saturated heterocycles. The van der Waals surface area contributed by atoms with Crippen LogP contribution in [0, 0.1) is 0 Å². The second-order valence-corrected chi connectivity index (χ2v) is 4.15. The predicted octanol–water partition coefficient (Wildman–Crippen LogP) is -0.0761. The lowest BCUT2D eigenvalue weighted by Gasteiger charge is -2.44. The number of nitrogens with one attached hydrogen (secondary N) is 1. The van der Waals surface area contributed by atoms with Gasteiger partial charge in [-0.25, -0.2) is 15.0 Å². The maximum atomic E-state index is 9.66. The van der Waals surface area contributed by atoms with Gasteiger partial charge in [-0.1, -0.05) is 0 Å². The summed E-state index contributed by atoms with van der Waals surface area (Å²) in [5.41, 5.74) is 0.886. The topological polar surface area (TPSA) is 77.9 Å². The summed E-state index contributed by atoms with van der Waals surface area (Å²) in [6.07, 6.45) is 3.09. The molecule has 2 N–H and O–H groups in total. The number of anilines is 1. The molecule has 3 heterocycles. The van der Waals surface area contributed by atoms with Crippen molar-refractivity contribution in [3.05, 3.63) is 12.7 Å². The Bertz CT molecular complexity index is 498. The number of aliphatic hydroxyl groups is 1. The van der Waals surface area contributed by atoms with Crippen LogP contribution in [0.1, 0.15) is 6.92 Å². The summed E-state index contributed by atoms with van der Waals surface area (Å²) in [7, 11) is 0. The van der Waals surface area contributed by atoms with Crippen LogP contribution in [0.3, 0.4) is 0 Å². The quantitative estimate of drug-likeness (QED) is 0.681. The molecule has 0 saturated carbocycles. The summed E-state index contributed by atoms with van der Waals surface area (Å²) in [6, 6.07) is 0. The molecule has 1 aliphatic heterocycles. The van der Waals surface area contributed by atoms with E-state index in [1.54, 1.807) is 6.33 Å². The van der Waals surface area contributed by atoms with Crippen LogP contribution in [0.25, 0.3) is 11.2 Å². The number of nitrogens with zero attached hydrogens (tertiary/aromatic N) is 4. The number of aromatic nitrogens is 4. The van der Waals surface area contributed by atoms with Gasteiger partial charge in [-0.3, -0.25) is 0 Å². The number of hydrogen-bond acceptors (Lipinski definition) is 5. The number of fused-ring (bicyclic) bond motifs is 1. The molecular formula is C9H11N5O. The molecule has 0 spiro atoms. The zero-order valence-corrected chi connectivity index (χ0v) is 8.30. The van der Waals surface area contributed by atoms with Gasteiger partial charge in [0.1, 0.15) is 11.8 Å². The van der Waals surface area contributed by atoms with E-state index >= 15 is 0 Å². The Morgan fingerprint density at radius 3 is 2.93 bits per heavy atom. The van der Waals surface area contributed by atoms with Crippen LogP contribution in [0.2, 0.25) is 0 Å². The van der Waals surface area contributed by atoms with Gasteiger partial charge in [0.05, 0.1) is 11.9 Å². The van der Waals surface area contributed by atoms with Crippen LogP contribution in [-0.2, 0) is 0 Å². The van der Waals surface area contributed by atoms with Gasteiger partial charge in [0.2, 0.25) is 0 Å². The highest BCUT2D eigenvalue weighted by Crippen LogP contribution is 2.28. The SMILES string of the molecule is CC1(O)CN(c2ncnc3nc[nH]c23)C1. The standard InChI is InChI=1S/C9H11N5O/c1-9(15)2-14(3-9)8-6-7(11-4-10-6)12-5-13-8/h4-5,15H,2-3H2,1H3,(H,10,11,12,13). The van der Waals surface area contributed by atoms with Gasteiger partial charge >= 0.3 is 0 Å². The minimum atomic E-state index is -0.600. The average molecular weight is 205 g/mol. The fourth-order valence-corrected chi connectivity index (χ4v) is 1.92.